The molecule has 1 amide bonds. The Hall–Kier alpha value is -1.04. The number of rotatable bonds is 6. The fraction of sp³-hybridized carbons (Fsp3) is 0.643. The van der Waals surface area contributed by atoms with Crippen LogP contribution in [0.1, 0.15) is 23.4 Å². The van der Waals surface area contributed by atoms with Gasteiger partial charge in [0.05, 0.1) is 6.61 Å². The first-order valence-electron chi connectivity index (χ1n) is 6.94. The van der Waals surface area contributed by atoms with Crippen LogP contribution in [0.5, 0.6) is 0 Å². The maximum atomic E-state index is 11.8. The second-order valence-corrected chi connectivity index (χ2v) is 5.46. The van der Waals surface area contributed by atoms with Crippen LogP contribution in [0.25, 0.3) is 0 Å². The lowest BCUT2D eigenvalue weighted by atomic mass is 9.97. The summed E-state index contributed by atoms with van der Waals surface area (Å²) in [6.45, 7) is 4.59. The van der Waals surface area contributed by atoms with Gasteiger partial charge in [-0.2, -0.15) is 0 Å². The zero-order chi connectivity index (χ0) is 14.4. The Kier molecular flexibility index (Phi) is 5.88. The Morgan fingerprint density at radius 1 is 1.50 bits per heavy atom. The number of hydrogen-bond acceptors (Lipinski definition) is 4. The molecule has 1 aromatic heterocycles. The fourth-order valence-corrected chi connectivity index (χ4v) is 2.54. The van der Waals surface area contributed by atoms with Crippen LogP contribution in [0.2, 0.25) is 5.22 Å². The van der Waals surface area contributed by atoms with Crippen LogP contribution < -0.4 is 5.32 Å². The molecule has 0 radical (unpaired) electrons. The number of amides is 1. The highest BCUT2D eigenvalue weighted by molar-refractivity contribution is 6.29. The summed E-state index contributed by atoms with van der Waals surface area (Å²) in [5, 5.41) is 3.14. The molecule has 0 aromatic carbocycles. The van der Waals surface area contributed by atoms with Gasteiger partial charge >= 0.3 is 0 Å². The number of halogens is 1. The lowest BCUT2D eigenvalue weighted by Gasteiger charge is -2.31. The SMILES string of the molecule is COCCN1CCC(CNC(=O)c2ccc(Cl)o2)CC1. The van der Waals surface area contributed by atoms with Crippen LogP contribution in [0.15, 0.2) is 16.5 Å². The van der Waals surface area contributed by atoms with E-state index in [-0.39, 0.29) is 16.9 Å². The molecule has 6 heteroatoms. The van der Waals surface area contributed by atoms with Crippen molar-refractivity contribution in [1.29, 1.82) is 0 Å². The number of nitrogens with one attached hydrogen (secondary N) is 1. The molecule has 0 unspecified atom stereocenters. The predicted molar refractivity (Wildman–Crippen MR) is 77.1 cm³/mol. The topological polar surface area (TPSA) is 54.7 Å². The standard InChI is InChI=1S/C14H21ClN2O3/c1-19-9-8-17-6-4-11(5-7-17)10-16-14(18)12-2-3-13(15)20-12/h2-3,11H,4-10H2,1H3,(H,16,18). The van der Waals surface area contributed by atoms with E-state index in [9.17, 15) is 4.79 Å². The van der Waals surface area contributed by atoms with Gasteiger partial charge in [-0.1, -0.05) is 0 Å². The van der Waals surface area contributed by atoms with Crippen molar-refractivity contribution >= 4 is 17.5 Å². The first-order valence-corrected chi connectivity index (χ1v) is 7.31. The zero-order valence-corrected chi connectivity index (χ0v) is 12.5. The molecular weight excluding hydrogens is 280 g/mol. The summed E-state index contributed by atoms with van der Waals surface area (Å²) in [5.41, 5.74) is 0. The summed E-state index contributed by atoms with van der Waals surface area (Å²) < 4.78 is 10.2. The van der Waals surface area contributed by atoms with Crippen LogP contribution in [-0.2, 0) is 4.74 Å². The van der Waals surface area contributed by atoms with Crippen LogP contribution in [-0.4, -0.2) is 50.7 Å². The largest absolute Gasteiger partial charge is 0.440 e. The minimum atomic E-state index is -0.196. The number of piperidine rings is 1. The third kappa shape index (κ3) is 4.51. The number of carbonyl (C=O) groups is 1. The Morgan fingerprint density at radius 3 is 2.85 bits per heavy atom. The van der Waals surface area contributed by atoms with Crippen LogP contribution in [0.4, 0.5) is 0 Å². The molecule has 1 aromatic rings. The average Bonchev–Trinajstić information content (AvgIpc) is 2.90. The van der Waals surface area contributed by atoms with Gasteiger partial charge in [0.25, 0.3) is 5.91 Å². The average molecular weight is 301 g/mol. The Balaban J connectivity index is 1.67. The molecule has 0 atom stereocenters. The maximum absolute atomic E-state index is 11.8. The van der Waals surface area contributed by atoms with Gasteiger partial charge in [0.15, 0.2) is 11.0 Å². The van der Waals surface area contributed by atoms with Gasteiger partial charge in [0.1, 0.15) is 0 Å². The quantitative estimate of drug-likeness (QED) is 0.873. The second kappa shape index (κ2) is 7.67. The molecule has 20 heavy (non-hydrogen) atoms. The number of ether oxygens (including phenoxy) is 1. The minimum Gasteiger partial charge on any atom is -0.440 e. The Bertz CT molecular complexity index is 428. The summed E-state index contributed by atoms with van der Waals surface area (Å²) in [6.07, 6.45) is 2.20. The summed E-state index contributed by atoms with van der Waals surface area (Å²) in [6, 6.07) is 3.16. The van der Waals surface area contributed by atoms with E-state index in [1.165, 1.54) is 0 Å². The molecule has 1 aliphatic heterocycles. The molecule has 0 spiro atoms. The molecule has 1 aliphatic rings. The molecule has 2 heterocycles. The van der Waals surface area contributed by atoms with Crippen LogP contribution in [0, 0.1) is 5.92 Å². The molecule has 5 nitrogen and oxygen atoms in total. The summed E-state index contributed by atoms with van der Waals surface area (Å²) in [7, 11) is 1.73. The van der Waals surface area contributed by atoms with E-state index in [0.717, 1.165) is 39.1 Å². The van der Waals surface area contributed by atoms with Crippen LogP contribution in [0.3, 0.4) is 0 Å². The van der Waals surface area contributed by atoms with E-state index in [4.69, 9.17) is 20.8 Å². The lowest BCUT2D eigenvalue weighted by molar-refractivity contribution is 0.0899. The van der Waals surface area contributed by atoms with E-state index >= 15 is 0 Å². The van der Waals surface area contributed by atoms with E-state index in [0.29, 0.717) is 12.5 Å². The number of likely N-dealkylation sites (tertiary alicyclic amines) is 1. The highest BCUT2D eigenvalue weighted by atomic mass is 35.5. The third-order valence-electron chi connectivity index (χ3n) is 3.67. The van der Waals surface area contributed by atoms with Crippen molar-refractivity contribution in [3.63, 3.8) is 0 Å². The van der Waals surface area contributed by atoms with E-state index in [2.05, 4.69) is 10.2 Å². The Labute approximate surface area is 124 Å². The lowest BCUT2D eigenvalue weighted by Crippen LogP contribution is -2.39. The second-order valence-electron chi connectivity index (χ2n) is 5.09. The van der Waals surface area contributed by atoms with Gasteiger partial charge in [-0.25, -0.2) is 0 Å². The maximum Gasteiger partial charge on any atom is 0.287 e. The zero-order valence-electron chi connectivity index (χ0n) is 11.7. The molecule has 0 saturated carbocycles. The van der Waals surface area contributed by atoms with Crippen LogP contribution >= 0.6 is 11.6 Å². The number of methoxy groups -OCH3 is 1. The normalized spacial score (nSPS) is 17.3. The highest BCUT2D eigenvalue weighted by Crippen LogP contribution is 2.17. The number of hydrogen-bond donors (Lipinski definition) is 1. The van der Waals surface area contributed by atoms with Gasteiger partial charge in [-0.05, 0) is 55.6 Å². The fourth-order valence-electron chi connectivity index (χ4n) is 2.40. The highest BCUT2D eigenvalue weighted by Gasteiger charge is 2.20. The predicted octanol–water partition coefficient (Wildman–Crippen LogP) is 2.02. The first kappa shape index (κ1) is 15.4. The summed E-state index contributed by atoms with van der Waals surface area (Å²) in [5.74, 6) is 0.606. The number of nitrogens with zero attached hydrogens (tertiary/aromatic N) is 1. The van der Waals surface area contributed by atoms with Gasteiger partial charge in [-0.3, -0.25) is 4.79 Å². The van der Waals surface area contributed by atoms with Crippen molar-refractivity contribution in [2.24, 2.45) is 5.92 Å². The van der Waals surface area contributed by atoms with Crippen molar-refractivity contribution in [3.05, 3.63) is 23.1 Å². The van der Waals surface area contributed by atoms with Gasteiger partial charge in [0, 0.05) is 20.2 Å². The smallest absolute Gasteiger partial charge is 0.287 e. The molecule has 0 bridgehead atoms. The van der Waals surface area contributed by atoms with Gasteiger partial charge < -0.3 is 19.4 Å². The summed E-state index contributed by atoms with van der Waals surface area (Å²) >= 11 is 5.65. The van der Waals surface area contributed by atoms with Gasteiger partial charge in [0.2, 0.25) is 0 Å². The minimum absolute atomic E-state index is 0.196. The van der Waals surface area contributed by atoms with E-state index in [1.54, 1.807) is 19.2 Å². The molecule has 0 aliphatic carbocycles. The monoisotopic (exact) mass is 300 g/mol. The van der Waals surface area contributed by atoms with Crippen molar-refractivity contribution in [1.82, 2.24) is 10.2 Å². The Morgan fingerprint density at radius 2 is 2.25 bits per heavy atom. The van der Waals surface area contributed by atoms with E-state index in [1.807, 2.05) is 0 Å². The molecule has 1 saturated heterocycles. The van der Waals surface area contributed by atoms with Crippen molar-refractivity contribution in [3.8, 4) is 0 Å². The van der Waals surface area contributed by atoms with Gasteiger partial charge in [-0.15, -0.1) is 0 Å². The third-order valence-corrected chi connectivity index (χ3v) is 3.87. The molecule has 1 N–H and O–H groups in total. The van der Waals surface area contributed by atoms with Crippen molar-refractivity contribution in [2.45, 2.75) is 12.8 Å². The summed E-state index contributed by atoms with van der Waals surface area (Å²) in [4.78, 5) is 14.2. The molecule has 112 valence electrons. The van der Waals surface area contributed by atoms with Crippen molar-refractivity contribution < 1.29 is 13.9 Å². The van der Waals surface area contributed by atoms with Crippen molar-refractivity contribution in [2.75, 3.05) is 39.9 Å². The molecular formula is C14H21ClN2O3. The van der Waals surface area contributed by atoms with E-state index < -0.39 is 0 Å². The number of furan rings is 1. The first-order chi connectivity index (χ1) is 9.69. The molecule has 1 fully saturated rings. The number of carbonyl (C=O) groups excluding carboxylic acids is 1. The molecule has 2 rings (SSSR count).